The molecule has 1 aliphatic heterocycles. The zero-order valence-electron chi connectivity index (χ0n) is 12.9. The molecule has 1 heterocycles. The van der Waals surface area contributed by atoms with E-state index in [1.807, 2.05) is 0 Å². The molecule has 1 aliphatic rings. The van der Waals surface area contributed by atoms with Crippen molar-refractivity contribution in [3.05, 3.63) is 0 Å². The van der Waals surface area contributed by atoms with Gasteiger partial charge in [-0.3, -0.25) is 4.79 Å². The number of aliphatic hydroxyl groups excluding tert-OH is 9. The van der Waals surface area contributed by atoms with E-state index >= 15 is 0 Å². The number of carbonyl (C=O) groups is 1. The fourth-order valence-corrected chi connectivity index (χ4v) is 2.05. The zero-order chi connectivity index (χ0) is 18.8. The predicted molar refractivity (Wildman–Crippen MR) is 69.9 cm³/mol. The molecule has 9 N–H and O–H groups in total. The summed E-state index contributed by atoms with van der Waals surface area (Å²) in [4.78, 5) is 12.0. The van der Waals surface area contributed by atoms with Crippen LogP contribution in [0.2, 0.25) is 0 Å². The van der Waals surface area contributed by atoms with Crippen molar-refractivity contribution in [3.63, 3.8) is 0 Å². The molecule has 23 heavy (non-hydrogen) atoms. The number of aliphatic hydroxyl groups is 9. The fraction of sp³-hybridized carbons (Fsp3) is 0.917. The number of ether oxygens (including phenoxy) is 1. The molecule has 1 rings (SSSR count). The summed E-state index contributed by atoms with van der Waals surface area (Å²) in [5, 5.41) is 85.0. The van der Waals surface area contributed by atoms with Crippen molar-refractivity contribution in [2.75, 3.05) is 13.2 Å². The third kappa shape index (κ3) is 4.22. The lowest BCUT2D eigenvalue weighted by Gasteiger charge is -2.41. The largest absolute Gasteiger partial charge is 0.394 e. The zero-order valence-corrected chi connectivity index (χ0v) is 11.9. The van der Waals surface area contributed by atoms with Gasteiger partial charge in [0.15, 0.2) is 5.78 Å². The summed E-state index contributed by atoms with van der Waals surface area (Å²) in [6, 6.07) is 0. The number of Topliss-reactive ketones (excluding diaryl/α,β-unsaturated/α-hetero) is 1. The average molecular weight is 343 g/mol. The maximum atomic E-state index is 12.0. The van der Waals surface area contributed by atoms with Crippen LogP contribution in [0, 0.1) is 0 Å². The van der Waals surface area contributed by atoms with Crippen molar-refractivity contribution in [1.29, 1.82) is 0 Å². The molecule has 0 aromatic heterocycles. The minimum atomic E-state index is -2.98. The molecule has 1 saturated heterocycles. The van der Waals surface area contributed by atoms with Crippen molar-refractivity contribution in [2.24, 2.45) is 0 Å². The van der Waals surface area contributed by atoms with Gasteiger partial charge < -0.3 is 50.7 Å². The van der Waals surface area contributed by atoms with Crippen molar-refractivity contribution >= 4 is 5.78 Å². The van der Waals surface area contributed by atoms with Crippen molar-refractivity contribution < 1.29 is 56.9 Å². The van der Waals surface area contributed by atoms with Gasteiger partial charge in [0.2, 0.25) is 0 Å². The first-order valence-electron chi connectivity index (χ1n) is 7.22. The van der Waals surface area contributed by atoms with E-state index < -0.39 is 73.9 Å². The van der Waals surface area contributed by atoms with Gasteiger partial charge in [0.25, 0.3) is 0 Å². The molecule has 0 aromatic carbocycles. The lowest BCUT2D eigenvalue weighted by molar-refractivity contribution is -0.248. The number of carbonyl (C=O) groups excluding carboxylic acids is 1. The highest BCUT2D eigenvalue weighted by Gasteiger charge is 2.49. The minimum Gasteiger partial charge on any atom is -0.394 e. The first kappa shape index (κ1) is 18.6. The van der Waals surface area contributed by atoms with E-state index in [1.54, 1.807) is 0 Å². The summed E-state index contributed by atoms with van der Waals surface area (Å²) in [5.74, 6) is -1.65. The number of ketones is 1. The molecule has 0 amide bonds. The molecule has 136 valence electrons. The lowest BCUT2D eigenvalue weighted by Crippen LogP contribution is -2.63. The second-order valence-electron chi connectivity index (χ2n) is 5.16. The van der Waals surface area contributed by atoms with E-state index in [9.17, 15) is 40.5 Å². The van der Waals surface area contributed by atoms with Gasteiger partial charge in [-0.15, -0.1) is 0 Å². The van der Waals surface area contributed by atoms with Crippen LogP contribution in [-0.4, -0.2) is 120 Å². The molecule has 0 radical (unpaired) electrons. The van der Waals surface area contributed by atoms with Crippen LogP contribution >= 0.6 is 0 Å². The van der Waals surface area contributed by atoms with Crippen molar-refractivity contribution in [1.82, 2.24) is 0 Å². The first-order chi connectivity index (χ1) is 11.0. The van der Waals surface area contributed by atoms with Gasteiger partial charge in [-0.1, -0.05) is 0 Å². The van der Waals surface area contributed by atoms with Crippen LogP contribution in [0.3, 0.4) is 0 Å². The third-order valence-corrected chi connectivity index (χ3v) is 3.55. The second-order valence-corrected chi connectivity index (χ2v) is 5.16. The van der Waals surface area contributed by atoms with E-state index in [0.29, 0.717) is 0 Å². The highest BCUT2D eigenvalue weighted by molar-refractivity contribution is 5.88. The van der Waals surface area contributed by atoms with Gasteiger partial charge in [0.05, 0.1) is 14.6 Å². The molecular weight excluding hydrogens is 320 g/mol. The molecule has 0 spiro atoms. The van der Waals surface area contributed by atoms with Crippen LogP contribution in [0.1, 0.15) is 1.37 Å². The lowest BCUT2D eigenvalue weighted by atomic mass is 9.89. The van der Waals surface area contributed by atoms with Crippen molar-refractivity contribution in [2.45, 2.75) is 54.9 Å². The molecular formula is C12H22O11. The van der Waals surface area contributed by atoms with Crippen LogP contribution in [0.4, 0.5) is 0 Å². The summed E-state index contributed by atoms with van der Waals surface area (Å²) in [7, 11) is 0. The van der Waals surface area contributed by atoms with E-state index in [-0.39, 0.29) is 0 Å². The van der Waals surface area contributed by atoms with Crippen LogP contribution in [-0.2, 0) is 9.53 Å². The summed E-state index contributed by atoms with van der Waals surface area (Å²) in [6.07, 6.45) is -20.0. The van der Waals surface area contributed by atoms with E-state index in [1.165, 1.54) is 0 Å². The van der Waals surface area contributed by atoms with Crippen LogP contribution in [0.15, 0.2) is 0 Å². The van der Waals surface area contributed by atoms with Gasteiger partial charge in [-0.25, -0.2) is 0 Å². The van der Waals surface area contributed by atoms with Gasteiger partial charge >= 0.3 is 0 Å². The Morgan fingerprint density at radius 2 is 1.61 bits per heavy atom. The Hall–Kier alpha value is -0.730. The molecule has 0 aromatic rings. The topological polar surface area (TPSA) is 208 Å². The molecule has 11 heteroatoms. The summed E-state index contributed by atoms with van der Waals surface area (Å²) < 4.78 is 12.7. The first-order valence-corrected chi connectivity index (χ1v) is 6.72. The molecule has 0 bridgehead atoms. The molecule has 9 atom stereocenters. The van der Waals surface area contributed by atoms with E-state index in [0.717, 1.165) is 0 Å². The van der Waals surface area contributed by atoms with E-state index in [2.05, 4.69) is 0 Å². The van der Waals surface area contributed by atoms with Gasteiger partial charge in [-0.2, -0.15) is 0 Å². The van der Waals surface area contributed by atoms with Gasteiger partial charge in [0.1, 0.15) is 54.9 Å². The van der Waals surface area contributed by atoms with E-state index in [4.69, 9.17) is 16.3 Å². The Morgan fingerprint density at radius 1 is 1.04 bits per heavy atom. The monoisotopic (exact) mass is 343 g/mol. The number of hydrogen-bond acceptors (Lipinski definition) is 11. The summed E-state index contributed by atoms with van der Waals surface area (Å²) in [6.45, 7) is -1.93. The maximum Gasteiger partial charge on any atom is 0.195 e. The predicted octanol–water partition coefficient (Wildman–Crippen LogP) is -6.17. The van der Waals surface area contributed by atoms with Crippen LogP contribution < -0.4 is 0 Å². The van der Waals surface area contributed by atoms with Crippen LogP contribution in [0.5, 0.6) is 0 Å². The Bertz CT molecular complexity index is 435. The standard InChI is InChI=1S/C12H22O11/c13-1-3(15)5(16)7(18)9(20)11(22)12-10(21)8(19)6(17)4(2-14)23-12/h3-8,10-19,21-22H,1-2H2/t3-,4-,5-,6+,7+,8+,10-,11?,12?/m1/s1/i12D. The van der Waals surface area contributed by atoms with Gasteiger partial charge in [-0.05, 0) is 0 Å². The SMILES string of the molecule is [2H]C1(C(O)C(=O)[C@@H](O)[C@H](O)[C@H](O)CO)O[C@H](CO)[C@H](O)[C@H](O)[C@H]1O. The molecule has 0 aliphatic carbocycles. The van der Waals surface area contributed by atoms with Crippen molar-refractivity contribution in [3.8, 4) is 0 Å². The minimum absolute atomic E-state index is 0.916. The Balaban J connectivity index is 3.02. The molecule has 1 fully saturated rings. The normalized spacial score (nSPS) is 40.8. The quantitative estimate of drug-likeness (QED) is 0.212. The number of hydrogen-bond donors (Lipinski definition) is 9. The maximum absolute atomic E-state index is 12.0. The third-order valence-electron chi connectivity index (χ3n) is 3.55. The highest BCUT2D eigenvalue weighted by atomic mass is 16.6. The fourth-order valence-electron chi connectivity index (χ4n) is 2.05. The Morgan fingerprint density at radius 3 is 2.09 bits per heavy atom. The second kappa shape index (κ2) is 8.39. The van der Waals surface area contributed by atoms with Gasteiger partial charge in [0, 0.05) is 0 Å². The smallest absolute Gasteiger partial charge is 0.195 e. The molecule has 0 saturated carbocycles. The average Bonchev–Trinajstić information content (AvgIpc) is 2.59. The summed E-state index contributed by atoms with van der Waals surface area (Å²) >= 11 is 0. The Labute approximate surface area is 132 Å². The molecule has 11 nitrogen and oxygen atoms in total. The highest BCUT2D eigenvalue weighted by Crippen LogP contribution is 2.24. The Kier molecular flexibility index (Phi) is 6.79. The summed E-state index contributed by atoms with van der Waals surface area (Å²) in [5.41, 5.74) is 0. The van der Waals surface area contributed by atoms with Crippen LogP contribution in [0.25, 0.3) is 0 Å². The molecule has 2 unspecified atom stereocenters. The number of rotatable bonds is 7.